The molecule has 0 atom stereocenters. The summed E-state index contributed by atoms with van der Waals surface area (Å²) < 4.78 is 25.9. The van der Waals surface area contributed by atoms with Crippen molar-refractivity contribution in [1.82, 2.24) is 14.5 Å². The number of aryl methyl sites for hydroxylation is 1. The molecule has 1 aromatic heterocycles. The number of benzene rings is 1. The lowest BCUT2D eigenvalue weighted by atomic mass is 10.1. The van der Waals surface area contributed by atoms with Gasteiger partial charge in [-0.25, -0.2) is 13.6 Å². The molecular weight excluding hydrogens is 280 g/mol. The molecule has 21 heavy (non-hydrogen) atoms. The zero-order valence-corrected chi connectivity index (χ0v) is 11.9. The van der Waals surface area contributed by atoms with Gasteiger partial charge >= 0.3 is 5.69 Å². The fourth-order valence-electron chi connectivity index (χ4n) is 2.21. The van der Waals surface area contributed by atoms with Crippen molar-refractivity contribution in [2.24, 2.45) is 0 Å². The van der Waals surface area contributed by atoms with Gasteiger partial charge < -0.3 is 9.88 Å². The van der Waals surface area contributed by atoms with Crippen LogP contribution in [0.1, 0.15) is 23.7 Å². The molecule has 0 aliphatic rings. The second-order valence-corrected chi connectivity index (χ2v) is 4.81. The fraction of sp³-hybridized carbons (Fsp3) is 0.429. The number of hydrogen-bond acceptors (Lipinski definition) is 2. The molecule has 114 valence electrons. The van der Waals surface area contributed by atoms with Gasteiger partial charge in [0.2, 0.25) is 6.43 Å². The van der Waals surface area contributed by atoms with Gasteiger partial charge in [-0.3, -0.25) is 9.36 Å². The number of rotatable bonds is 5. The van der Waals surface area contributed by atoms with Crippen molar-refractivity contribution < 1.29 is 13.6 Å². The largest absolute Gasteiger partial charge is 0.341 e. The molecule has 0 radical (unpaired) electrons. The molecular formula is C14H17F2N3O2. The third-order valence-electron chi connectivity index (χ3n) is 3.37. The maximum Gasteiger partial charge on any atom is 0.326 e. The molecule has 0 fully saturated rings. The van der Waals surface area contributed by atoms with Crippen molar-refractivity contribution in [1.29, 1.82) is 0 Å². The molecule has 1 amide bonds. The summed E-state index contributed by atoms with van der Waals surface area (Å²) in [6.07, 6.45) is -2.79. The van der Waals surface area contributed by atoms with Gasteiger partial charge in [0, 0.05) is 32.1 Å². The Kier molecular flexibility index (Phi) is 4.40. The number of halogens is 2. The number of nitrogens with zero attached hydrogens (tertiary/aromatic N) is 2. The van der Waals surface area contributed by atoms with Crippen LogP contribution in [0.25, 0.3) is 11.0 Å². The highest BCUT2D eigenvalue weighted by Crippen LogP contribution is 2.15. The number of hydrogen-bond donors (Lipinski definition) is 1. The highest BCUT2D eigenvalue weighted by atomic mass is 19.3. The summed E-state index contributed by atoms with van der Waals surface area (Å²) in [7, 11) is 1.49. The predicted octanol–water partition coefficient (Wildman–Crippen LogP) is 2.08. The number of carbonyl (C=O) groups excluding carboxylic acids is 1. The van der Waals surface area contributed by atoms with Crippen LogP contribution in [-0.2, 0) is 6.54 Å². The quantitative estimate of drug-likeness (QED) is 0.918. The zero-order chi connectivity index (χ0) is 15.6. The Labute approximate surface area is 120 Å². The number of alkyl halides is 2. The SMILES string of the molecule is CCn1c(=O)[nH]c2ccc(C(=O)N(C)CCC(F)F)cc21. The van der Waals surface area contributed by atoms with Crippen molar-refractivity contribution in [2.45, 2.75) is 26.3 Å². The highest BCUT2D eigenvalue weighted by molar-refractivity contribution is 5.97. The normalized spacial score (nSPS) is 11.3. The molecule has 0 saturated heterocycles. The molecule has 2 aromatic rings. The minimum atomic E-state index is -2.43. The number of H-pyrrole nitrogens is 1. The van der Waals surface area contributed by atoms with E-state index in [-0.39, 0.29) is 24.6 Å². The van der Waals surface area contributed by atoms with Gasteiger partial charge in [0.25, 0.3) is 5.91 Å². The monoisotopic (exact) mass is 297 g/mol. The van der Waals surface area contributed by atoms with Gasteiger partial charge in [0.15, 0.2) is 0 Å². The molecule has 0 spiro atoms. The average Bonchev–Trinajstić information content (AvgIpc) is 2.77. The summed E-state index contributed by atoms with van der Waals surface area (Å²) in [5.41, 5.74) is 1.42. The Morgan fingerprint density at radius 2 is 2.14 bits per heavy atom. The number of imidazole rings is 1. The van der Waals surface area contributed by atoms with Crippen LogP contribution in [0, 0.1) is 0 Å². The van der Waals surface area contributed by atoms with Crippen molar-refractivity contribution in [3.63, 3.8) is 0 Å². The molecule has 2 rings (SSSR count). The van der Waals surface area contributed by atoms with E-state index in [0.29, 0.717) is 23.1 Å². The lowest BCUT2D eigenvalue weighted by molar-refractivity contribution is 0.0740. The Hall–Kier alpha value is -2.18. The number of carbonyl (C=O) groups is 1. The summed E-state index contributed by atoms with van der Waals surface area (Å²) in [6, 6.07) is 4.84. The third kappa shape index (κ3) is 3.12. The molecule has 1 N–H and O–H groups in total. The van der Waals surface area contributed by atoms with E-state index in [1.165, 1.54) is 16.5 Å². The van der Waals surface area contributed by atoms with E-state index >= 15 is 0 Å². The first-order valence-electron chi connectivity index (χ1n) is 6.70. The minimum absolute atomic E-state index is 0.0116. The van der Waals surface area contributed by atoms with Gasteiger partial charge in [0.05, 0.1) is 11.0 Å². The van der Waals surface area contributed by atoms with E-state index in [4.69, 9.17) is 0 Å². The first-order valence-corrected chi connectivity index (χ1v) is 6.70. The maximum atomic E-state index is 12.2. The number of aromatic nitrogens is 2. The topological polar surface area (TPSA) is 58.1 Å². The lowest BCUT2D eigenvalue weighted by Gasteiger charge is -2.17. The number of fused-ring (bicyclic) bond motifs is 1. The van der Waals surface area contributed by atoms with E-state index in [0.717, 1.165) is 0 Å². The molecule has 0 saturated carbocycles. The fourth-order valence-corrected chi connectivity index (χ4v) is 2.21. The first-order chi connectivity index (χ1) is 9.93. The van der Waals surface area contributed by atoms with Gasteiger partial charge in [-0.15, -0.1) is 0 Å². The Bertz CT molecular complexity index is 706. The number of amides is 1. The van der Waals surface area contributed by atoms with Crippen molar-refractivity contribution >= 4 is 16.9 Å². The highest BCUT2D eigenvalue weighted by Gasteiger charge is 2.15. The average molecular weight is 297 g/mol. The van der Waals surface area contributed by atoms with Crippen LogP contribution < -0.4 is 5.69 Å². The molecule has 7 heteroatoms. The van der Waals surface area contributed by atoms with Crippen LogP contribution in [0.3, 0.4) is 0 Å². The molecule has 0 aliphatic heterocycles. The van der Waals surface area contributed by atoms with E-state index in [2.05, 4.69) is 4.98 Å². The van der Waals surface area contributed by atoms with Crippen LogP contribution in [0.15, 0.2) is 23.0 Å². The second kappa shape index (κ2) is 6.07. The van der Waals surface area contributed by atoms with Gasteiger partial charge in [-0.2, -0.15) is 0 Å². The Morgan fingerprint density at radius 3 is 2.76 bits per heavy atom. The predicted molar refractivity (Wildman–Crippen MR) is 75.8 cm³/mol. The lowest BCUT2D eigenvalue weighted by Crippen LogP contribution is -2.28. The first kappa shape index (κ1) is 15.2. The van der Waals surface area contributed by atoms with Crippen LogP contribution in [-0.4, -0.2) is 40.4 Å². The van der Waals surface area contributed by atoms with Crippen molar-refractivity contribution in [3.8, 4) is 0 Å². The van der Waals surface area contributed by atoms with Crippen LogP contribution in [0.4, 0.5) is 8.78 Å². The molecule has 5 nitrogen and oxygen atoms in total. The van der Waals surface area contributed by atoms with Crippen molar-refractivity contribution in [3.05, 3.63) is 34.2 Å². The molecule has 0 aliphatic carbocycles. The molecule has 0 unspecified atom stereocenters. The zero-order valence-electron chi connectivity index (χ0n) is 11.9. The second-order valence-electron chi connectivity index (χ2n) is 4.81. The molecule has 0 bridgehead atoms. The number of aromatic amines is 1. The molecule has 1 aromatic carbocycles. The smallest absolute Gasteiger partial charge is 0.326 e. The standard InChI is InChI=1S/C14H17F2N3O2/c1-3-19-11-8-9(4-5-10(11)17-14(19)21)13(20)18(2)7-6-12(15)16/h4-5,8,12H,3,6-7H2,1-2H3,(H,17,21). The minimum Gasteiger partial charge on any atom is -0.341 e. The summed E-state index contributed by atoms with van der Waals surface area (Å²) in [5, 5.41) is 0. The van der Waals surface area contributed by atoms with Gasteiger partial charge in [-0.05, 0) is 25.1 Å². The maximum absolute atomic E-state index is 12.2. The molecule has 1 heterocycles. The van der Waals surface area contributed by atoms with E-state index in [1.807, 2.05) is 6.92 Å². The van der Waals surface area contributed by atoms with Crippen LogP contribution >= 0.6 is 0 Å². The van der Waals surface area contributed by atoms with Gasteiger partial charge in [0.1, 0.15) is 0 Å². The summed E-state index contributed by atoms with van der Waals surface area (Å²) in [4.78, 5) is 27.8. The van der Waals surface area contributed by atoms with Gasteiger partial charge in [-0.1, -0.05) is 0 Å². The Balaban J connectivity index is 2.29. The van der Waals surface area contributed by atoms with Crippen LogP contribution in [0.5, 0.6) is 0 Å². The third-order valence-corrected chi connectivity index (χ3v) is 3.37. The van der Waals surface area contributed by atoms with Crippen molar-refractivity contribution in [2.75, 3.05) is 13.6 Å². The number of nitrogens with one attached hydrogen (secondary N) is 1. The van der Waals surface area contributed by atoms with E-state index < -0.39 is 6.43 Å². The van der Waals surface area contributed by atoms with Crippen LogP contribution in [0.2, 0.25) is 0 Å². The van der Waals surface area contributed by atoms with E-state index in [1.54, 1.807) is 18.2 Å². The van der Waals surface area contributed by atoms with E-state index in [9.17, 15) is 18.4 Å². The summed E-state index contributed by atoms with van der Waals surface area (Å²) in [6.45, 7) is 2.30. The summed E-state index contributed by atoms with van der Waals surface area (Å²) >= 11 is 0. The summed E-state index contributed by atoms with van der Waals surface area (Å²) in [5.74, 6) is -0.339. The Morgan fingerprint density at radius 1 is 1.43 bits per heavy atom.